The van der Waals surface area contributed by atoms with Crippen LogP contribution in [0.4, 0.5) is 0 Å². The SMILES string of the molecule is CC1CCC(C(=O)C2CCCCCC2)C1. The Morgan fingerprint density at radius 1 is 0.867 bits per heavy atom. The standard InChI is InChI=1S/C14H24O/c1-11-8-9-13(10-11)14(15)12-6-4-2-3-5-7-12/h11-13H,2-10H2,1H3. The average Bonchev–Trinajstić information content (AvgIpc) is 2.53. The van der Waals surface area contributed by atoms with E-state index in [2.05, 4.69) is 6.92 Å². The number of carbonyl (C=O) groups is 1. The Kier molecular flexibility index (Phi) is 3.82. The Morgan fingerprint density at radius 3 is 2.07 bits per heavy atom. The molecule has 0 saturated heterocycles. The van der Waals surface area contributed by atoms with Crippen LogP contribution in [-0.4, -0.2) is 5.78 Å². The van der Waals surface area contributed by atoms with Crippen LogP contribution in [0.1, 0.15) is 64.7 Å². The van der Waals surface area contributed by atoms with Gasteiger partial charge in [-0.3, -0.25) is 4.79 Å². The van der Waals surface area contributed by atoms with Crippen molar-refractivity contribution in [1.82, 2.24) is 0 Å². The van der Waals surface area contributed by atoms with Crippen molar-refractivity contribution in [2.24, 2.45) is 17.8 Å². The summed E-state index contributed by atoms with van der Waals surface area (Å²) in [4.78, 5) is 12.3. The number of ketones is 1. The van der Waals surface area contributed by atoms with Crippen molar-refractivity contribution >= 4 is 5.78 Å². The van der Waals surface area contributed by atoms with Crippen LogP contribution in [0.15, 0.2) is 0 Å². The molecular weight excluding hydrogens is 184 g/mol. The van der Waals surface area contributed by atoms with Crippen LogP contribution in [0, 0.1) is 17.8 Å². The summed E-state index contributed by atoms with van der Waals surface area (Å²) in [6, 6.07) is 0. The van der Waals surface area contributed by atoms with Crippen LogP contribution >= 0.6 is 0 Å². The molecule has 2 rings (SSSR count). The zero-order chi connectivity index (χ0) is 10.7. The number of rotatable bonds is 2. The third kappa shape index (κ3) is 2.83. The predicted molar refractivity (Wildman–Crippen MR) is 62.7 cm³/mol. The van der Waals surface area contributed by atoms with Gasteiger partial charge in [0.25, 0.3) is 0 Å². The molecule has 15 heavy (non-hydrogen) atoms. The van der Waals surface area contributed by atoms with Gasteiger partial charge in [0.1, 0.15) is 5.78 Å². The summed E-state index contributed by atoms with van der Waals surface area (Å²) in [5.41, 5.74) is 0. The summed E-state index contributed by atoms with van der Waals surface area (Å²) in [5.74, 6) is 2.29. The Balaban J connectivity index is 1.88. The van der Waals surface area contributed by atoms with Gasteiger partial charge in [-0.05, 0) is 38.0 Å². The van der Waals surface area contributed by atoms with Crippen molar-refractivity contribution in [2.75, 3.05) is 0 Å². The van der Waals surface area contributed by atoms with Gasteiger partial charge >= 0.3 is 0 Å². The molecule has 0 radical (unpaired) electrons. The summed E-state index contributed by atoms with van der Waals surface area (Å²) >= 11 is 0. The zero-order valence-corrected chi connectivity index (χ0v) is 10.0. The summed E-state index contributed by atoms with van der Waals surface area (Å²) in [6.07, 6.45) is 11.3. The van der Waals surface area contributed by atoms with Crippen LogP contribution in [0.2, 0.25) is 0 Å². The molecular formula is C14H24O. The molecule has 1 nitrogen and oxygen atoms in total. The van der Waals surface area contributed by atoms with Gasteiger partial charge < -0.3 is 0 Å². The zero-order valence-electron chi connectivity index (χ0n) is 10.0. The van der Waals surface area contributed by atoms with Gasteiger partial charge in [-0.1, -0.05) is 32.6 Å². The van der Waals surface area contributed by atoms with Crippen molar-refractivity contribution in [3.05, 3.63) is 0 Å². The van der Waals surface area contributed by atoms with Crippen LogP contribution in [-0.2, 0) is 4.79 Å². The van der Waals surface area contributed by atoms with Gasteiger partial charge in [0.15, 0.2) is 0 Å². The fourth-order valence-corrected chi connectivity index (χ4v) is 3.36. The molecule has 0 aliphatic heterocycles. The van der Waals surface area contributed by atoms with Gasteiger partial charge in [0, 0.05) is 11.8 Å². The Hall–Kier alpha value is -0.330. The third-order valence-electron chi connectivity index (χ3n) is 4.35. The Morgan fingerprint density at radius 2 is 1.53 bits per heavy atom. The van der Waals surface area contributed by atoms with E-state index in [4.69, 9.17) is 0 Å². The summed E-state index contributed by atoms with van der Waals surface area (Å²) in [5, 5.41) is 0. The number of Topliss-reactive ketones (excluding diaryl/α,β-unsaturated/α-hetero) is 1. The van der Waals surface area contributed by atoms with Gasteiger partial charge in [-0.2, -0.15) is 0 Å². The maximum atomic E-state index is 12.3. The van der Waals surface area contributed by atoms with Crippen molar-refractivity contribution in [3.8, 4) is 0 Å². The molecule has 0 aromatic carbocycles. The fourth-order valence-electron chi connectivity index (χ4n) is 3.36. The van der Waals surface area contributed by atoms with E-state index in [0.717, 1.165) is 5.92 Å². The lowest BCUT2D eigenvalue weighted by Gasteiger charge is -2.17. The van der Waals surface area contributed by atoms with E-state index in [-0.39, 0.29) is 0 Å². The maximum absolute atomic E-state index is 12.3. The van der Waals surface area contributed by atoms with Crippen molar-refractivity contribution in [3.63, 3.8) is 0 Å². The van der Waals surface area contributed by atoms with Crippen LogP contribution in [0.5, 0.6) is 0 Å². The van der Waals surface area contributed by atoms with E-state index in [1.807, 2.05) is 0 Å². The van der Waals surface area contributed by atoms with E-state index < -0.39 is 0 Å². The van der Waals surface area contributed by atoms with Gasteiger partial charge in [0.05, 0.1) is 0 Å². The summed E-state index contributed by atoms with van der Waals surface area (Å²) in [7, 11) is 0. The van der Waals surface area contributed by atoms with E-state index in [0.29, 0.717) is 17.6 Å². The number of hydrogen-bond donors (Lipinski definition) is 0. The van der Waals surface area contributed by atoms with Crippen molar-refractivity contribution in [1.29, 1.82) is 0 Å². The average molecular weight is 208 g/mol. The Labute approximate surface area is 93.6 Å². The highest BCUT2D eigenvalue weighted by Gasteiger charge is 2.31. The van der Waals surface area contributed by atoms with E-state index in [1.54, 1.807) is 0 Å². The lowest BCUT2D eigenvalue weighted by Crippen LogP contribution is -2.21. The molecule has 1 heteroatoms. The van der Waals surface area contributed by atoms with Gasteiger partial charge in [-0.15, -0.1) is 0 Å². The minimum absolute atomic E-state index is 0.433. The summed E-state index contributed by atoms with van der Waals surface area (Å²) in [6.45, 7) is 2.29. The van der Waals surface area contributed by atoms with Gasteiger partial charge in [0.2, 0.25) is 0 Å². The normalized spacial score (nSPS) is 33.9. The molecule has 2 unspecified atom stereocenters. The molecule has 0 bridgehead atoms. The third-order valence-corrected chi connectivity index (χ3v) is 4.35. The van der Waals surface area contributed by atoms with Gasteiger partial charge in [-0.25, -0.2) is 0 Å². The molecule has 2 saturated carbocycles. The topological polar surface area (TPSA) is 17.1 Å². The van der Waals surface area contributed by atoms with E-state index in [9.17, 15) is 4.79 Å². The highest BCUT2D eigenvalue weighted by molar-refractivity contribution is 5.83. The highest BCUT2D eigenvalue weighted by Crippen LogP contribution is 2.35. The largest absolute Gasteiger partial charge is 0.299 e. The molecule has 2 aliphatic rings. The molecule has 0 amide bonds. The second-order valence-corrected chi connectivity index (χ2v) is 5.71. The number of carbonyl (C=O) groups excluding carboxylic acids is 1. The molecule has 0 heterocycles. The van der Waals surface area contributed by atoms with Crippen LogP contribution < -0.4 is 0 Å². The second-order valence-electron chi connectivity index (χ2n) is 5.71. The lowest BCUT2D eigenvalue weighted by atomic mass is 9.86. The van der Waals surface area contributed by atoms with Crippen molar-refractivity contribution in [2.45, 2.75) is 64.7 Å². The summed E-state index contributed by atoms with van der Waals surface area (Å²) < 4.78 is 0. The molecule has 2 aliphatic carbocycles. The van der Waals surface area contributed by atoms with Crippen molar-refractivity contribution < 1.29 is 4.79 Å². The molecule has 0 spiro atoms. The maximum Gasteiger partial charge on any atom is 0.139 e. The smallest absolute Gasteiger partial charge is 0.139 e. The molecule has 2 fully saturated rings. The molecule has 0 aromatic rings. The lowest BCUT2D eigenvalue weighted by molar-refractivity contribution is -0.127. The molecule has 0 aromatic heterocycles. The number of hydrogen-bond acceptors (Lipinski definition) is 1. The highest BCUT2D eigenvalue weighted by atomic mass is 16.1. The van der Waals surface area contributed by atoms with E-state index in [1.165, 1.54) is 57.8 Å². The van der Waals surface area contributed by atoms with Crippen LogP contribution in [0.25, 0.3) is 0 Å². The first kappa shape index (κ1) is 11.2. The van der Waals surface area contributed by atoms with Crippen LogP contribution in [0.3, 0.4) is 0 Å². The second kappa shape index (κ2) is 5.14. The predicted octanol–water partition coefficient (Wildman–Crippen LogP) is 3.96. The van der Waals surface area contributed by atoms with E-state index >= 15 is 0 Å². The molecule has 86 valence electrons. The minimum Gasteiger partial charge on any atom is -0.299 e. The monoisotopic (exact) mass is 208 g/mol. The Bertz CT molecular complexity index is 213. The first-order valence-corrected chi connectivity index (χ1v) is 6.81. The minimum atomic E-state index is 0.433. The molecule has 2 atom stereocenters. The quantitative estimate of drug-likeness (QED) is 0.628. The first-order valence-electron chi connectivity index (χ1n) is 6.81. The first-order chi connectivity index (χ1) is 7.27. The fraction of sp³-hybridized carbons (Fsp3) is 0.929. The molecule has 0 N–H and O–H groups in total.